The van der Waals surface area contributed by atoms with Gasteiger partial charge < -0.3 is 15.0 Å². The third-order valence-electron chi connectivity index (χ3n) is 5.35. The summed E-state index contributed by atoms with van der Waals surface area (Å²) in [5, 5.41) is 11.8. The molecule has 2 N–H and O–H groups in total. The second-order valence-electron chi connectivity index (χ2n) is 7.82. The van der Waals surface area contributed by atoms with Crippen molar-refractivity contribution in [2.24, 2.45) is 0 Å². The van der Waals surface area contributed by atoms with Gasteiger partial charge in [0.05, 0.1) is 11.8 Å². The van der Waals surface area contributed by atoms with Crippen LogP contribution in [0.3, 0.4) is 0 Å². The number of aliphatic hydroxyl groups excluding tert-OH is 1. The first-order chi connectivity index (χ1) is 15.3. The van der Waals surface area contributed by atoms with E-state index in [2.05, 4.69) is 5.32 Å². The van der Waals surface area contributed by atoms with Gasteiger partial charge in [0, 0.05) is 40.6 Å². The molecule has 1 aromatic heterocycles. The number of nitrogens with zero attached hydrogens (tertiary/aromatic N) is 1. The molecule has 2 unspecified atom stereocenters. The van der Waals surface area contributed by atoms with Gasteiger partial charge in [0.2, 0.25) is 0 Å². The molecule has 8 heteroatoms. The molecule has 0 fully saturated rings. The molecule has 0 spiro atoms. The van der Waals surface area contributed by atoms with Gasteiger partial charge >= 0.3 is 0 Å². The Morgan fingerprint density at radius 3 is 2.69 bits per heavy atom. The molecule has 1 aliphatic rings. The average Bonchev–Trinajstić information content (AvgIpc) is 2.91. The van der Waals surface area contributed by atoms with Crippen LogP contribution in [0.4, 0.5) is 8.78 Å². The van der Waals surface area contributed by atoms with Gasteiger partial charge in [-0.1, -0.05) is 18.2 Å². The monoisotopic (exact) mass is 456 g/mol. The Morgan fingerprint density at radius 1 is 1.22 bits per heavy atom. The molecule has 2 aromatic carbocycles. The number of aromatic nitrogens is 1. The lowest BCUT2D eigenvalue weighted by Gasteiger charge is -2.20. The number of aryl methyl sites for hydroxylation is 1. The fourth-order valence-electron chi connectivity index (χ4n) is 3.90. The van der Waals surface area contributed by atoms with Crippen molar-refractivity contribution in [3.05, 3.63) is 92.9 Å². The highest BCUT2D eigenvalue weighted by molar-refractivity contribution is 7.99. The van der Waals surface area contributed by atoms with Crippen LogP contribution < -0.4 is 10.7 Å². The maximum atomic E-state index is 14.0. The van der Waals surface area contributed by atoms with Crippen LogP contribution in [0, 0.1) is 18.6 Å². The highest BCUT2D eigenvalue weighted by Gasteiger charge is 2.29. The summed E-state index contributed by atoms with van der Waals surface area (Å²) in [6, 6.07) is 12.8. The van der Waals surface area contributed by atoms with Gasteiger partial charge in [0.15, 0.2) is 17.1 Å². The molecule has 5 nitrogen and oxygen atoms in total. The van der Waals surface area contributed by atoms with E-state index in [-0.39, 0.29) is 23.8 Å². The van der Waals surface area contributed by atoms with Crippen LogP contribution >= 0.6 is 11.8 Å². The molecule has 0 saturated carbocycles. The van der Waals surface area contributed by atoms with Crippen LogP contribution in [0.2, 0.25) is 0 Å². The predicted octanol–water partition coefficient (Wildman–Crippen LogP) is 3.92. The van der Waals surface area contributed by atoms with E-state index < -0.39 is 29.1 Å². The summed E-state index contributed by atoms with van der Waals surface area (Å²) >= 11 is 1.47. The van der Waals surface area contributed by atoms with Gasteiger partial charge in [0.25, 0.3) is 5.91 Å². The Bertz CT molecular complexity index is 1260. The summed E-state index contributed by atoms with van der Waals surface area (Å²) < 4.78 is 29.4. The number of pyridine rings is 1. The van der Waals surface area contributed by atoms with Crippen LogP contribution in [-0.2, 0) is 6.42 Å². The summed E-state index contributed by atoms with van der Waals surface area (Å²) in [6.07, 6.45) is -0.518. The first-order valence-electron chi connectivity index (χ1n) is 10.2. The second kappa shape index (κ2) is 8.88. The Labute approximate surface area is 188 Å². The van der Waals surface area contributed by atoms with Gasteiger partial charge in [-0.2, -0.15) is 0 Å². The largest absolute Gasteiger partial charge is 0.392 e. The Morgan fingerprint density at radius 2 is 1.97 bits per heavy atom. The van der Waals surface area contributed by atoms with Crippen LogP contribution in [0.25, 0.3) is 5.69 Å². The van der Waals surface area contributed by atoms with Gasteiger partial charge in [-0.25, -0.2) is 8.78 Å². The molecule has 2 heterocycles. The number of hydrogen-bond acceptors (Lipinski definition) is 4. The smallest absolute Gasteiger partial charge is 0.257 e. The van der Waals surface area contributed by atoms with E-state index in [0.29, 0.717) is 17.0 Å². The fraction of sp³-hybridized carbons (Fsp3) is 0.250. The van der Waals surface area contributed by atoms with E-state index in [0.717, 1.165) is 22.7 Å². The third-order valence-corrected chi connectivity index (χ3v) is 6.67. The number of hydrogen-bond donors (Lipinski definition) is 2. The minimum absolute atomic E-state index is 0.00350. The quantitative estimate of drug-likeness (QED) is 0.624. The maximum Gasteiger partial charge on any atom is 0.257 e. The number of rotatable bonds is 4. The minimum Gasteiger partial charge on any atom is -0.392 e. The lowest BCUT2D eigenvalue weighted by molar-refractivity contribution is 0.0921. The zero-order chi connectivity index (χ0) is 23.0. The number of carbonyl (C=O) groups is 1. The number of amides is 1. The summed E-state index contributed by atoms with van der Waals surface area (Å²) in [4.78, 5) is 26.8. The number of nitrogens with one attached hydrogen (secondary N) is 1. The number of aliphatic hydroxyl groups is 1. The van der Waals surface area contributed by atoms with E-state index in [9.17, 15) is 23.5 Å². The van der Waals surface area contributed by atoms with Gasteiger partial charge in [-0.3, -0.25) is 9.59 Å². The number of carbonyl (C=O) groups excluding carboxylic acids is 1. The van der Waals surface area contributed by atoms with Crippen molar-refractivity contribution in [2.45, 2.75) is 36.5 Å². The molecular formula is C24H22F2N2O3S. The lowest BCUT2D eigenvalue weighted by Crippen LogP contribution is -2.36. The van der Waals surface area contributed by atoms with Crippen LogP contribution in [-0.4, -0.2) is 28.2 Å². The molecule has 1 amide bonds. The van der Waals surface area contributed by atoms with Crippen molar-refractivity contribution in [1.29, 1.82) is 0 Å². The van der Waals surface area contributed by atoms with E-state index in [1.54, 1.807) is 6.92 Å². The number of fused-ring (bicyclic) bond motifs is 3. The van der Waals surface area contributed by atoms with Crippen molar-refractivity contribution < 1.29 is 18.7 Å². The lowest BCUT2D eigenvalue weighted by atomic mass is 10.0. The highest BCUT2D eigenvalue weighted by atomic mass is 32.2. The number of halogens is 2. The molecule has 0 bridgehead atoms. The molecule has 2 atom stereocenters. The molecule has 1 aliphatic heterocycles. The van der Waals surface area contributed by atoms with Gasteiger partial charge in [-0.15, -0.1) is 11.8 Å². The molecule has 0 radical (unpaired) electrons. The van der Waals surface area contributed by atoms with Crippen molar-refractivity contribution >= 4 is 17.7 Å². The van der Waals surface area contributed by atoms with E-state index >= 15 is 0 Å². The number of benzene rings is 2. The van der Waals surface area contributed by atoms with Crippen molar-refractivity contribution in [3.63, 3.8) is 0 Å². The molecule has 4 rings (SSSR count). The zero-order valence-corrected chi connectivity index (χ0v) is 18.4. The SMILES string of the molecule is Cc1cc(=O)c(C(=O)NCC(C)O)c2n1-c1ccccc1SC(c1ccc(F)c(F)c1)C2. The maximum absolute atomic E-state index is 14.0. The van der Waals surface area contributed by atoms with E-state index in [4.69, 9.17) is 0 Å². The molecule has 0 aliphatic carbocycles. The average molecular weight is 457 g/mol. The van der Waals surface area contributed by atoms with Crippen molar-refractivity contribution in [2.75, 3.05) is 6.54 Å². The van der Waals surface area contributed by atoms with Crippen molar-refractivity contribution in [1.82, 2.24) is 9.88 Å². The Kier molecular flexibility index (Phi) is 6.17. The number of para-hydroxylation sites is 1. The van der Waals surface area contributed by atoms with Crippen LogP contribution in [0.15, 0.2) is 58.2 Å². The Hall–Kier alpha value is -2.97. The second-order valence-corrected chi connectivity index (χ2v) is 9.06. The van der Waals surface area contributed by atoms with Crippen LogP contribution in [0.5, 0.6) is 0 Å². The molecule has 32 heavy (non-hydrogen) atoms. The molecule has 0 saturated heterocycles. The molecule has 3 aromatic rings. The third kappa shape index (κ3) is 4.20. The number of thioether (sulfide) groups is 1. The normalized spacial score (nSPS) is 16.0. The predicted molar refractivity (Wildman–Crippen MR) is 119 cm³/mol. The summed E-state index contributed by atoms with van der Waals surface area (Å²) in [7, 11) is 0. The summed E-state index contributed by atoms with van der Waals surface area (Å²) in [6.45, 7) is 3.33. The Balaban J connectivity index is 1.93. The molecular weight excluding hydrogens is 434 g/mol. The first kappa shape index (κ1) is 22.2. The minimum atomic E-state index is -0.947. The fourth-order valence-corrected chi connectivity index (χ4v) is 5.17. The van der Waals surface area contributed by atoms with Gasteiger partial charge in [0.1, 0.15) is 5.56 Å². The first-order valence-corrected chi connectivity index (χ1v) is 11.1. The molecule has 166 valence electrons. The van der Waals surface area contributed by atoms with Gasteiger partial charge in [-0.05, 0) is 43.7 Å². The summed E-state index contributed by atoms with van der Waals surface area (Å²) in [5.41, 5.74) is 2.08. The standard InChI is InChI=1S/C24H22F2N2O3S/c1-13-9-20(30)23(24(31)27-12-14(2)29)19-11-22(15-7-8-16(25)17(26)10-15)32-21-6-4-3-5-18(21)28(13)19/h3-10,14,22,29H,11-12H2,1-2H3,(H,27,31). The topological polar surface area (TPSA) is 71.3 Å². The van der Waals surface area contributed by atoms with E-state index in [1.807, 2.05) is 28.8 Å². The van der Waals surface area contributed by atoms with E-state index in [1.165, 1.54) is 30.8 Å². The zero-order valence-electron chi connectivity index (χ0n) is 17.6. The summed E-state index contributed by atoms with van der Waals surface area (Å²) in [5.74, 6) is -2.45. The highest BCUT2D eigenvalue weighted by Crippen LogP contribution is 2.44. The van der Waals surface area contributed by atoms with Crippen LogP contribution in [0.1, 0.15) is 39.5 Å². The van der Waals surface area contributed by atoms with Crippen molar-refractivity contribution in [3.8, 4) is 5.69 Å².